The second-order valence-corrected chi connectivity index (χ2v) is 5.60. The molecule has 0 spiro atoms. The second kappa shape index (κ2) is 2.98. The molecule has 1 saturated carbocycles. The molecule has 0 aromatic rings. The lowest BCUT2D eigenvalue weighted by Gasteiger charge is -2.39. The highest BCUT2D eigenvalue weighted by atomic mass is 14.6. The van der Waals surface area contributed by atoms with Gasteiger partial charge < -0.3 is 0 Å². The van der Waals surface area contributed by atoms with Gasteiger partial charge in [0.05, 0.1) is 0 Å². The molecule has 0 heterocycles. The molecular weight excluding hydrogens is 168 g/mol. The van der Waals surface area contributed by atoms with Gasteiger partial charge in [0.15, 0.2) is 0 Å². The normalized spacial score (nSPS) is 50.2. The van der Waals surface area contributed by atoms with Gasteiger partial charge in [0.1, 0.15) is 0 Å². The quantitative estimate of drug-likeness (QED) is 0.505. The van der Waals surface area contributed by atoms with Crippen LogP contribution in [0.15, 0.2) is 24.3 Å². The highest BCUT2D eigenvalue weighted by molar-refractivity contribution is 5.19. The molecule has 76 valence electrons. The van der Waals surface area contributed by atoms with Gasteiger partial charge in [-0.2, -0.15) is 0 Å². The van der Waals surface area contributed by atoms with Crippen LogP contribution >= 0.6 is 0 Å². The van der Waals surface area contributed by atoms with Crippen molar-refractivity contribution in [1.82, 2.24) is 0 Å². The van der Waals surface area contributed by atoms with E-state index in [1.165, 1.54) is 32.1 Å². The molecule has 14 heavy (non-hydrogen) atoms. The molecule has 0 heteroatoms. The minimum atomic E-state index is 0.643. The number of hydrogen-bond acceptors (Lipinski definition) is 0. The van der Waals surface area contributed by atoms with Gasteiger partial charge >= 0.3 is 0 Å². The second-order valence-electron chi connectivity index (χ2n) is 5.60. The van der Waals surface area contributed by atoms with Gasteiger partial charge in [-0.1, -0.05) is 31.2 Å². The Morgan fingerprint density at radius 1 is 1.21 bits per heavy atom. The molecule has 0 N–H and O–H groups in total. The van der Waals surface area contributed by atoms with Crippen LogP contribution in [-0.2, 0) is 0 Å². The van der Waals surface area contributed by atoms with Crippen LogP contribution in [-0.4, -0.2) is 0 Å². The first kappa shape index (κ1) is 8.76. The molecule has 0 aromatic heterocycles. The zero-order valence-electron chi connectivity index (χ0n) is 9.08. The molecule has 0 saturated heterocycles. The monoisotopic (exact) mass is 188 g/mol. The Morgan fingerprint density at radius 3 is 3.07 bits per heavy atom. The van der Waals surface area contributed by atoms with Crippen molar-refractivity contribution in [3.05, 3.63) is 24.3 Å². The van der Waals surface area contributed by atoms with Crippen LogP contribution < -0.4 is 0 Å². The third-order valence-corrected chi connectivity index (χ3v) is 4.97. The maximum atomic E-state index is 2.55. The summed E-state index contributed by atoms with van der Waals surface area (Å²) in [5.74, 6) is 2.77. The third kappa shape index (κ3) is 1.06. The van der Waals surface area contributed by atoms with E-state index < -0.39 is 0 Å². The Bertz CT molecular complexity index is 286. The molecule has 0 aliphatic heterocycles. The van der Waals surface area contributed by atoms with Gasteiger partial charge in [0.2, 0.25) is 0 Å². The number of fused-ring (bicyclic) bond motifs is 5. The maximum Gasteiger partial charge on any atom is -0.0171 e. The lowest BCUT2D eigenvalue weighted by molar-refractivity contribution is 0.144. The van der Waals surface area contributed by atoms with Gasteiger partial charge in [-0.25, -0.2) is 0 Å². The molecule has 4 unspecified atom stereocenters. The minimum absolute atomic E-state index is 0.643. The van der Waals surface area contributed by atoms with Crippen molar-refractivity contribution in [2.45, 2.75) is 39.0 Å². The van der Waals surface area contributed by atoms with Crippen LogP contribution in [0.5, 0.6) is 0 Å². The maximum absolute atomic E-state index is 2.55. The summed E-state index contributed by atoms with van der Waals surface area (Å²) in [5, 5.41) is 0. The molecule has 2 bridgehead atoms. The van der Waals surface area contributed by atoms with Gasteiger partial charge in [-0.05, 0) is 55.3 Å². The lowest BCUT2D eigenvalue weighted by Crippen LogP contribution is -2.31. The van der Waals surface area contributed by atoms with E-state index in [4.69, 9.17) is 0 Å². The summed E-state index contributed by atoms with van der Waals surface area (Å²) in [4.78, 5) is 0. The Morgan fingerprint density at radius 2 is 2.14 bits per heavy atom. The standard InChI is InChI=1S/C14H20/c1-14-9-5-3-2-4-6-13(14)11-7-8-12(14)10-11/h2,4,7-8,11-13H,3,5-6,9-10H2,1H3. The number of allylic oxidation sites excluding steroid dienone is 4. The first-order valence-electron chi connectivity index (χ1n) is 6.14. The Hall–Kier alpha value is -0.520. The van der Waals surface area contributed by atoms with Crippen molar-refractivity contribution in [2.24, 2.45) is 23.2 Å². The van der Waals surface area contributed by atoms with Crippen LogP contribution in [0.3, 0.4) is 0 Å². The van der Waals surface area contributed by atoms with Crippen molar-refractivity contribution < 1.29 is 0 Å². The first-order chi connectivity index (χ1) is 6.81. The van der Waals surface area contributed by atoms with E-state index in [2.05, 4.69) is 31.2 Å². The summed E-state index contributed by atoms with van der Waals surface area (Å²) >= 11 is 0. The van der Waals surface area contributed by atoms with E-state index in [-0.39, 0.29) is 0 Å². The number of rotatable bonds is 0. The molecule has 3 aliphatic carbocycles. The van der Waals surface area contributed by atoms with Crippen molar-refractivity contribution in [1.29, 1.82) is 0 Å². The summed E-state index contributed by atoms with van der Waals surface area (Å²) in [5.41, 5.74) is 0.643. The fourth-order valence-electron chi connectivity index (χ4n) is 4.05. The lowest BCUT2D eigenvalue weighted by atomic mass is 9.65. The van der Waals surface area contributed by atoms with Crippen molar-refractivity contribution in [3.8, 4) is 0 Å². The topological polar surface area (TPSA) is 0 Å². The van der Waals surface area contributed by atoms with E-state index in [9.17, 15) is 0 Å². The summed E-state index contributed by atoms with van der Waals surface area (Å²) < 4.78 is 0. The fraction of sp³-hybridized carbons (Fsp3) is 0.714. The smallest absolute Gasteiger partial charge is 0.0171 e. The van der Waals surface area contributed by atoms with E-state index in [0.29, 0.717) is 5.41 Å². The zero-order chi connectivity index (χ0) is 9.60. The van der Waals surface area contributed by atoms with E-state index >= 15 is 0 Å². The first-order valence-corrected chi connectivity index (χ1v) is 6.14. The third-order valence-electron chi connectivity index (χ3n) is 4.97. The molecule has 0 radical (unpaired) electrons. The summed E-state index contributed by atoms with van der Waals surface area (Å²) in [6.45, 7) is 2.55. The molecule has 1 fully saturated rings. The fourth-order valence-corrected chi connectivity index (χ4v) is 4.05. The van der Waals surface area contributed by atoms with Gasteiger partial charge in [-0.15, -0.1) is 0 Å². The predicted molar refractivity (Wildman–Crippen MR) is 59.9 cm³/mol. The zero-order valence-corrected chi connectivity index (χ0v) is 9.08. The van der Waals surface area contributed by atoms with Crippen molar-refractivity contribution in [3.63, 3.8) is 0 Å². The average molecular weight is 188 g/mol. The molecule has 0 aromatic carbocycles. The van der Waals surface area contributed by atoms with E-state index in [1.54, 1.807) is 0 Å². The van der Waals surface area contributed by atoms with Gasteiger partial charge in [0.25, 0.3) is 0 Å². The van der Waals surface area contributed by atoms with Crippen LogP contribution in [0.1, 0.15) is 39.0 Å². The summed E-state index contributed by atoms with van der Waals surface area (Å²) in [7, 11) is 0. The SMILES string of the molecule is CC12CCCC=CCC1C1C=CC2C1. The largest absolute Gasteiger partial charge is 0.0885 e. The molecule has 3 aliphatic rings. The van der Waals surface area contributed by atoms with Gasteiger partial charge in [-0.3, -0.25) is 0 Å². The Labute approximate surface area is 87.1 Å². The number of hydrogen-bond donors (Lipinski definition) is 0. The molecule has 3 rings (SSSR count). The molecular formula is C14H20. The summed E-state index contributed by atoms with van der Waals surface area (Å²) in [6, 6.07) is 0. The van der Waals surface area contributed by atoms with Crippen LogP contribution in [0.2, 0.25) is 0 Å². The highest BCUT2D eigenvalue weighted by Gasteiger charge is 2.51. The van der Waals surface area contributed by atoms with Gasteiger partial charge in [0, 0.05) is 0 Å². The molecule has 0 nitrogen and oxygen atoms in total. The Kier molecular flexibility index (Phi) is 1.87. The van der Waals surface area contributed by atoms with Crippen LogP contribution in [0.4, 0.5) is 0 Å². The summed E-state index contributed by atoms with van der Waals surface area (Å²) in [6.07, 6.45) is 16.8. The highest BCUT2D eigenvalue weighted by Crippen LogP contribution is 2.59. The minimum Gasteiger partial charge on any atom is -0.0885 e. The van der Waals surface area contributed by atoms with E-state index in [1.807, 2.05) is 0 Å². The van der Waals surface area contributed by atoms with Crippen molar-refractivity contribution >= 4 is 0 Å². The van der Waals surface area contributed by atoms with E-state index in [0.717, 1.165) is 17.8 Å². The van der Waals surface area contributed by atoms with Crippen molar-refractivity contribution in [2.75, 3.05) is 0 Å². The Balaban J connectivity index is 1.94. The molecule has 4 atom stereocenters. The van der Waals surface area contributed by atoms with Crippen LogP contribution in [0.25, 0.3) is 0 Å². The van der Waals surface area contributed by atoms with Crippen LogP contribution in [0, 0.1) is 23.2 Å². The molecule has 0 amide bonds. The predicted octanol–water partition coefficient (Wildman–Crippen LogP) is 3.95. The average Bonchev–Trinajstić information content (AvgIpc) is 2.68.